The Labute approximate surface area is 133 Å². The summed E-state index contributed by atoms with van der Waals surface area (Å²) in [4.78, 5) is 11.3. The van der Waals surface area contributed by atoms with Gasteiger partial charge in [-0.3, -0.25) is 4.79 Å². The van der Waals surface area contributed by atoms with Crippen LogP contribution in [0.3, 0.4) is 0 Å². The molecule has 0 radical (unpaired) electrons. The molecule has 2 aromatic carbocycles. The van der Waals surface area contributed by atoms with E-state index in [1.807, 2.05) is 0 Å². The third kappa shape index (κ3) is 3.67. The van der Waals surface area contributed by atoms with Crippen LogP contribution >= 0.6 is 0 Å². The van der Waals surface area contributed by atoms with Crippen LogP contribution in [0.5, 0.6) is 5.75 Å². The van der Waals surface area contributed by atoms with E-state index in [1.165, 1.54) is 30.3 Å². The molecule has 3 nitrogen and oxygen atoms in total. The van der Waals surface area contributed by atoms with E-state index in [1.54, 1.807) is 19.9 Å². The van der Waals surface area contributed by atoms with Gasteiger partial charge in [0, 0.05) is 5.56 Å². The van der Waals surface area contributed by atoms with Gasteiger partial charge in [-0.25, -0.2) is 8.78 Å². The Morgan fingerprint density at radius 1 is 1.17 bits per heavy atom. The first-order valence-corrected chi connectivity index (χ1v) is 7.42. The molecular weight excluding hydrogens is 302 g/mol. The van der Waals surface area contributed by atoms with Gasteiger partial charge in [-0.05, 0) is 48.7 Å². The van der Waals surface area contributed by atoms with Crippen LogP contribution in [0.1, 0.15) is 31.7 Å². The highest BCUT2D eigenvalue weighted by Crippen LogP contribution is 2.36. The Kier molecular flexibility index (Phi) is 5.32. The summed E-state index contributed by atoms with van der Waals surface area (Å²) in [6.45, 7) is 3.72. The molecule has 0 aromatic heterocycles. The Hall–Kier alpha value is -2.43. The highest BCUT2D eigenvalue weighted by molar-refractivity contribution is 5.79. The Balaban J connectivity index is 2.63. The quantitative estimate of drug-likeness (QED) is 0.845. The van der Waals surface area contributed by atoms with E-state index in [0.717, 1.165) is 0 Å². The average Bonchev–Trinajstić information content (AvgIpc) is 2.51. The smallest absolute Gasteiger partial charge is 0.310 e. The number of ether oxygens (including phenoxy) is 1. The van der Waals surface area contributed by atoms with Crippen LogP contribution in [0.25, 0.3) is 11.1 Å². The predicted octanol–water partition coefficient (Wildman–Crippen LogP) is 4.61. The van der Waals surface area contributed by atoms with Crippen LogP contribution < -0.4 is 4.74 Å². The topological polar surface area (TPSA) is 46.5 Å². The van der Waals surface area contributed by atoms with Crippen LogP contribution in [0.4, 0.5) is 8.78 Å². The molecule has 0 spiro atoms. The molecular formula is C18H18F2O3. The van der Waals surface area contributed by atoms with Crippen molar-refractivity contribution in [3.63, 3.8) is 0 Å². The minimum atomic E-state index is -1.01. The lowest BCUT2D eigenvalue weighted by Gasteiger charge is -2.17. The summed E-state index contributed by atoms with van der Waals surface area (Å²) in [6, 6.07) is 8.36. The molecule has 0 heterocycles. The number of hydrogen-bond acceptors (Lipinski definition) is 2. The number of carboxylic acids is 1. The predicted molar refractivity (Wildman–Crippen MR) is 83.6 cm³/mol. The monoisotopic (exact) mass is 320 g/mol. The van der Waals surface area contributed by atoms with E-state index in [-0.39, 0.29) is 12.4 Å². The van der Waals surface area contributed by atoms with Crippen LogP contribution in [-0.2, 0) is 4.79 Å². The maximum Gasteiger partial charge on any atom is 0.310 e. The number of hydrogen-bond donors (Lipinski definition) is 1. The standard InChI is InChI=1S/C18H18F2O3/c1-3-14(18(21)22)12-9-15(11-5-7-13(19)8-6-11)17(23-4-2)16(20)10-12/h5-10,14H,3-4H2,1-2H3,(H,21,22). The summed E-state index contributed by atoms with van der Waals surface area (Å²) in [5.41, 5.74) is 1.35. The second-order valence-electron chi connectivity index (χ2n) is 5.12. The number of benzene rings is 2. The largest absolute Gasteiger partial charge is 0.490 e. The fraction of sp³-hybridized carbons (Fsp3) is 0.278. The van der Waals surface area contributed by atoms with E-state index in [9.17, 15) is 18.7 Å². The van der Waals surface area contributed by atoms with Crippen LogP contribution in [0.2, 0.25) is 0 Å². The Morgan fingerprint density at radius 2 is 1.83 bits per heavy atom. The van der Waals surface area contributed by atoms with Gasteiger partial charge in [0.1, 0.15) is 5.82 Å². The summed E-state index contributed by atoms with van der Waals surface area (Å²) < 4.78 is 32.9. The molecule has 1 N–H and O–H groups in total. The molecule has 0 amide bonds. The number of carboxylic acid groups (broad SMARTS) is 1. The van der Waals surface area contributed by atoms with Gasteiger partial charge < -0.3 is 9.84 Å². The van der Waals surface area contributed by atoms with Crippen LogP contribution in [-0.4, -0.2) is 17.7 Å². The lowest BCUT2D eigenvalue weighted by molar-refractivity contribution is -0.138. The van der Waals surface area contributed by atoms with Crippen molar-refractivity contribution in [2.45, 2.75) is 26.2 Å². The van der Waals surface area contributed by atoms with Gasteiger partial charge in [-0.1, -0.05) is 19.1 Å². The first-order valence-electron chi connectivity index (χ1n) is 7.42. The molecule has 2 rings (SSSR count). The fourth-order valence-corrected chi connectivity index (χ4v) is 2.50. The van der Waals surface area contributed by atoms with Crippen molar-refractivity contribution < 1.29 is 23.4 Å². The van der Waals surface area contributed by atoms with Crippen molar-refractivity contribution in [1.82, 2.24) is 0 Å². The lowest BCUT2D eigenvalue weighted by Crippen LogP contribution is -2.11. The Morgan fingerprint density at radius 3 is 2.35 bits per heavy atom. The van der Waals surface area contributed by atoms with Crippen molar-refractivity contribution in [2.75, 3.05) is 6.61 Å². The zero-order chi connectivity index (χ0) is 17.0. The molecule has 1 unspecified atom stereocenters. The highest BCUT2D eigenvalue weighted by Gasteiger charge is 2.22. The second kappa shape index (κ2) is 7.22. The number of rotatable bonds is 6. The molecule has 0 aliphatic carbocycles. The van der Waals surface area contributed by atoms with Crippen molar-refractivity contribution in [3.8, 4) is 16.9 Å². The van der Waals surface area contributed by atoms with E-state index in [4.69, 9.17) is 4.74 Å². The van der Waals surface area contributed by atoms with Crippen molar-refractivity contribution in [3.05, 3.63) is 53.6 Å². The first kappa shape index (κ1) is 16.9. The van der Waals surface area contributed by atoms with E-state index in [2.05, 4.69) is 0 Å². The maximum absolute atomic E-state index is 14.4. The summed E-state index contributed by atoms with van der Waals surface area (Å²) in [6.07, 6.45) is 0.339. The van der Waals surface area contributed by atoms with Gasteiger partial charge in [-0.15, -0.1) is 0 Å². The molecule has 0 aliphatic heterocycles. The SMILES string of the molecule is CCOc1c(F)cc(C(CC)C(=O)O)cc1-c1ccc(F)cc1. The molecule has 122 valence electrons. The van der Waals surface area contributed by atoms with E-state index >= 15 is 0 Å². The van der Waals surface area contributed by atoms with E-state index in [0.29, 0.717) is 23.1 Å². The van der Waals surface area contributed by atoms with Gasteiger partial charge in [0.2, 0.25) is 0 Å². The summed E-state index contributed by atoms with van der Waals surface area (Å²) in [5, 5.41) is 9.28. The number of carbonyl (C=O) groups is 1. The van der Waals surface area contributed by atoms with Crippen LogP contribution in [0.15, 0.2) is 36.4 Å². The zero-order valence-corrected chi connectivity index (χ0v) is 13.0. The van der Waals surface area contributed by atoms with Crippen molar-refractivity contribution in [2.24, 2.45) is 0 Å². The summed E-state index contributed by atoms with van der Waals surface area (Å²) in [5.74, 6) is -2.80. The van der Waals surface area contributed by atoms with E-state index < -0.39 is 23.5 Å². The third-order valence-corrected chi connectivity index (χ3v) is 3.62. The molecule has 0 fully saturated rings. The molecule has 23 heavy (non-hydrogen) atoms. The lowest BCUT2D eigenvalue weighted by atomic mass is 9.92. The average molecular weight is 320 g/mol. The molecule has 2 aromatic rings. The summed E-state index contributed by atoms with van der Waals surface area (Å²) in [7, 11) is 0. The van der Waals surface area contributed by atoms with Gasteiger partial charge in [0.25, 0.3) is 0 Å². The molecule has 5 heteroatoms. The summed E-state index contributed by atoms with van der Waals surface area (Å²) >= 11 is 0. The molecule has 1 atom stereocenters. The normalized spacial score (nSPS) is 12.0. The van der Waals surface area contributed by atoms with Gasteiger partial charge >= 0.3 is 5.97 Å². The maximum atomic E-state index is 14.4. The fourth-order valence-electron chi connectivity index (χ4n) is 2.50. The van der Waals surface area contributed by atoms with Gasteiger partial charge in [0.15, 0.2) is 11.6 Å². The molecule has 0 aliphatic rings. The molecule has 0 saturated carbocycles. The second-order valence-corrected chi connectivity index (χ2v) is 5.12. The number of halogens is 2. The molecule has 0 saturated heterocycles. The minimum absolute atomic E-state index is 0.0445. The van der Waals surface area contributed by atoms with Crippen molar-refractivity contribution in [1.29, 1.82) is 0 Å². The van der Waals surface area contributed by atoms with Crippen LogP contribution in [0, 0.1) is 11.6 Å². The zero-order valence-electron chi connectivity index (χ0n) is 13.0. The van der Waals surface area contributed by atoms with Crippen molar-refractivity contribution >= 4 is 5.97 Å². The van der Waals surface area contributed by atoms with Gasteiger partial charge in [0.05, 0.1) is 12.5 Å². The highest BCUT2D eigenvalue weighted by atomic mass is 19.1. The van der Waals surface area contributed by atoms with Gasteiger partial charge in [-0.2, -0.15) is 0 Å². The number of aliphatic carboxylic acids is 1. The molecule has 0 bridgehead atoms. The Bertz CT molecular complexity index is 696. The third-order valence-electron chi connectivity index (χ3n) is 3.62. The minimum Gasteiger partial charge on any atom is -0.490 e. The first-order chi connectivity index (χ1) is 11.0.